The van der Waals surface area contributed by atoms with Gasteiger partial charge in [-0.25, -0.2) is 0 Å². The van der Waals surface area contributed by atoms with Crippen molar-refractivity contribution >= 4 is 57.5 Å². The Morgan fingerprint density at radius 2 is 2.04 bits per heavy atom. The van der Waals surface area contributed by atoms with Gasteiger partial charge in [0.1, 0.15) is 11.6 Å². The van der Waals surface area contributed by atoms with Crippen LogP contribution in [0.15, 0.2) is 42.0 Å². The van der Waals surface area contributed by atoms with Crippen LogP contribution in [0.2, 0.25) is 5.02 Å². The van der Waals surface area contributed by atoms with E-state index in [-0.39, 0.29) is 17.0 Å². The Hall–Kier alpha value is -2.64. The molecule has 0 aliphatic heterocycles. The largest absolute Gasteiger partial charge is 0.489 e. The van der Waals surface area contributed by atoms with Gasteiger partial charge in [-0.2, -0.15) is 5.26 Å². The number of benzene rings is 2. The van der Waals surface area contributed by atoms with Crippen molar-refractivity contribution in [2.45, 2.75) is 0 Å². The number of carbonyl (C=O) groups excluding carboxylic acids is 1. The molecule has 0 heterocycles. The monoisotopic (exact) mass is 483 g/mol. The third-order valence-corrected chi connectivity index (χ3v) is 4.28. The first kappa shape index (κ1) is 19.7. The summed E-state index contributed by atoms with van der Waals surface area (Å²) in [6.45, 7) is 0. The zero-order valence-corrected chi connectivity index (χ0v) is 16.2. The highest BCUT2D eigenvalue weighted by molar-refractivity contribution is 14.1. The summed E-state index contributed by atoms with van der Waals surface area (Å²) in [6, 6.07) is 11.0. The van der Waals surface area contributed by atoms with E-state index in [2.05, 4.69) is 5.32 Å². The maximum absolute atomic E-state index is 12.3. The second-order valence-corrected chi connectivity index (χ2v) is 6.54. The van der Waals surface area contributed by atoms with Crippen LogP contribution in [0.4, 0.5) is 11.4 Å². The number of nitrogens with one attached hydrogen (secondary N) is 1. The van der Waals surface area contributed by atoms with Gasteiger partial charge in [0.2, 0.25) is 5.75 Å². The van der Waals surface area contributed by atoms with E-state index in [1.165, 1.54) is 19.3 Å². The Bertz CT molecular complexity index is 936. The number of anilines is 1. The van der Waals surface area contributed by atoms with Gasteiger partial charge in [0.15, 0.2) is 0 Å². The van der Waals surface area contributed by atoms with E-state index in [0.717, 1.165) is 0 Å². The Balaban J connectivity index is 2.36. The molecule has 0 unspecified atom stereocenters. The predicted molar refractivity (Wildman–Crippen MR) is 106 cm³/mol. The summed E-state index contributed by atoms with van der Waals surface area (Å²) < 4.78 is 5.52. The first-order chi connectivity index (χ1) is 12.3. The molecule has 0 spiro atoms. The molecule has 132 valence electrons. The van der Waals surface area contributed by atoms with Gasteiger partial charge in [0, 0.05) is 16.8 Å². The van der Waals surface area contributed by atoms with Crippen LogP contribution in [0, 0.1) is 25.0 Å². The zero-order chi connectivity index (χ0) is 19.3. The van der Waals surface area contributed by atoms with Crippen LogP contribution in [0.1, 0.15) is 5.56 Å². The van der Waals surface area contributed by atoms with Gasteiger partial charge < -0.3 is 10.1 Å². The third kappa shape index (κ3) is 4.71. The number of hydrogen-bond donors (Lipinski definition) is 1. The number of methoxy groups -OCH3 is 1. The van der Waals surface area contributed by atoms with Crippen LogP contribution >= 0.6 is 34.2 Å². The van der Waals surface area contributed by atoms with Gasteiger partial charge in [-0.05, 0) is 64.6 Å². The van der Waals surface area contributed by atoms with E-state index in [1.54, 1.807) is 36.4 Å². The maximum atomic E-state index is 12.3. The summed E-state index contributed by atoms with van der Waals surface area (Å²) in [5.74, 6) is -0.514. The van der Waals surface area contributed by atoms with E-state index in [1.807, 2.05) is 22.6 Å². The van der Waals surface area contributed by atoms with Crippen LogP contribution < -0.4 is 10.1 Å². The lowest BCUT2D eigenvalue weighted by Crippen LogP contribution is -2.13. The van der Waals surface area contributed by atoms with Crippen molar-refractivity contribution < 1.29 is 14.5 Å². The highest BCUT2D eigenvalue weighted by Crippen LogP contribution is 2.34. The van der Waals surface area contributed by atoms with Gasteiger partial charge in [0.05, 0.1) is 15.6 Å². The standard InChI is InChI=1S/C17H11ClIN3O4/c1-26-16-14(19)7-10(8-15(16)22(24)25)6-11(9-20)17(23)21-13-4-2-12(18)3-5-13/h2-8H,1H3,(H,21,23)/b11-6-. The molecule has 0 saturated heterocycles. The Kier molecular flexibility index (Phi) is 6.54. The summed E-state index contributed by atoms with van der Waals surface area (Å²) in [4.78, 5) is 22.9. The number of halogens is 2. The number of carbonyl (C=O) groups is 1. The molecule has 7 nitrogen and oxygen atoms in total. The van der Waals surface area contributed by atoms with E-state index < -0.39 is 10.8 Å². The van der Waals surface area contributed by atoms with Crippen LogP contribution in [0.25, 0.3) is 6.08 Å². The number of amides is 1. The molecule has 9 heteroatoms. The van der Waals surface area contributed by atoms with Gasteiger partial charge in [-0.3, -0.25) is 14.9 Å². The minimum absolute atomic E-state index is 0.122. The summed E-state index contributed by atoms with van der Waals surface area (Å²) in [5, 5.41) is 23.5. The fraction of sp³-hybridized carbons (Fsp3) is 0.0588. The molecule has 2 aromatic carbocycles. The molecule has 0 aliphatic rings. The molecule has 2 rings (SSSR count). The highest BCUT2D eigenvalue weighted by atomic mass is 127. The molecule has 26 heavy (non-hydrogen) atoms. The van der Waals surface area contributed by atoms with E-state index in [0.29, 0.717) is 19.8 Å². The van der Waals surface area contributed by atoms with Crippen molar-refractivity contribution in [1.29, 1.82) is 5.26 Å². The molecule has 0 bridgehead atoms. The SMILES string of the molecule is COc1c(I)cc(/C=C(/C#N)C(=O)Nc2ccc(Cl)cc2)cc1[N+](=O)[O-]. The van der Waals surface area contributed by atoms with Crippen molar-refractivity contribution in [3.63, 3.8) is 0 Å². The maximum Gasteiger partial charge on any atom is 0.312 e. The lowest BCUT2D eigenvalue weighted by Gasteiger charge is -2.07. The summed E-state index contributed by atoms with van der Waals surface area (Å²) in [6.07, 6.45) is 1.28. The topological polar surface area (TPSA) is 105 Å². The molecular weight excluding hydrogens is 473 g/mol. The van der Waals surface area contributed by atoms with Gasteiger partial charge in [-0.15, -0.1) is 0 Å². The first-order valence-corrected chi connectivity index (χ1v) is 8.52. The molecule has 0 radical (unpaired) electrons. The van der Waals surface area contributed by atoms with Crippen molar-refractivity contribution in [2.24, 2.45) is 0 Å². The molecule has 0 saturated carbocycles. The Labute approximate surface area is 167 Å². The number of rotatable bonds is 5. The summed E-state index contributed by atoms with van der Waals surface area (Å²) >= 11 is 7.67. The third-order valence-electron chi connectivity index (χ3n) is 3.23. The zero-order valence-electron chi connectivity index (χ0n) is 13.3. The molecule has 0 aliphatic carbocycles. The molecule has 0 atom stereocenters. The average molecular weight is 484 g/mol. The summed E-state index contributed by atoms with van der Waals surface area (Å²) in [7, 11) is 1.33. The number of nitro groups is 1. The van der Waals surface area contributed by atoms with Crippen molar-refractivity contribution in [1.82, 2.24) is 0 Å². The molecule has 0 aromatic heterocycles. The number of hydrogen-bond acceptors (Lipinski definition) is 5. The van der Waals surface area contributed by atoms with Crippen molar-refractivity contribution in [3.8, 4) is 11.8 Å². The van der Waals surface area contributed by atoms with Crippen LogP contribution in [0.5, 0.6) is 5.75 Å². The number of nitro benzene ring substituents is 1. The Morgan fingerprint density at radius 3 is 2.58 bits per heavy atom. The molecule has 2 aromatic rings. The van der Waals surface area contributed by atoms with Crippen molar-refractivity contribution in [3.05, 3.63) is 66.2 Å². The first-order valence-electron chi connectivity index (χ1n) is 7.06. The van der Waals surface area contributed by atoms with Crippen LogP contribution in [0.3, 0.4) is 0 Å². The fourth-order valence-corrected chi connectivity index (χ4v) is 3.05. The van der Waals surface area contributed by atoms with E-state index in [9.17, 15) is 20.2 Å². The quantitative estimate of drug-likeness (QED) is 0.223. The second-order valence-electron chi connectivity index (χ2n) is 4.94. The predicted octanol–water partition coefficient (Wildman–Crippen LogP) is 4.41. The molecule has 0 fully saturated rings. The number of ether oxygens (including phenoxy) is 1. The van der Waals surface area contributed by atoms with Crippen LogP contribution in [-0.2, 0) is 4.79 Å². The van der Waals surface area contributed by atoms with Gasteiger partial charge in [-0.1, -0.05) is 11.6 Å². The minimum Gasteiger partial charge on any atom is -0.489 e. The van der Waals surface area contributed by atoms with Gasteiger partial charge in [0.25, 0.3) is 5.91 Å². The average Bonchev–Trinajstić information content (AvgIpc) is 2.60. The Morgan fingerprint density at radius 1 is 1.38 bits per heavy atom. The normalized spacial score (nSPS) is 10.8. The fourth-order valence-electron chi connectivity index (χ4n) is 2.07. The van der Waals surface area contributed by atoms with E-state index >= 15 is 0 Å². The lowest BCUT2D eigenvalue weighted by atomic mass is 10.1. The smallest absolute Gasteiger partial charge is 0.312 e. The van der Waals surface area contributed by atoms with Crippen LogP contribution in [-0.4, -0.2) is 17.9 Å². The second kappa shape index (κ2) is 8.64. The molecule has 1 amide bonds. The molecule has 1 N–H and O–H groups in total. The number of nitriles is 1. The molecular formula is C17H11ClIN3O4. The summed E-state index contributed by atoms with van der Waals surface area (Å²) in [5.41, 5.74) is 0.358. The minimum atomic E-state index is -0.636. The van der Waals surface area contributed by atoms with Crippen molar-refractivity contribution in [2.75, 3.05) is 12.4 Å². The van der Waals surface area contributed by atoms with Gasteiger partial charge >= 0.3 is 5.69 Å². The highest BCUT2D eigenvalue weighted by Gasteiger charge is 2.20. The van der Waals surface area contributed by atoms with E-state index in [4.69, 9.17) is 16.3 Å². The lowest BCUT2D eigenvalue weighted by molar-refractivity contribution is -0.385. The number of nitrogens with zero attached hydrogens (tertiary/aromatic N) is 2.